The SMILES string of the molecule is CNCC1CCN(C(=O)c2sc(NC(=O)c3cccc(F)c3)cc2C)CC1. The van der Waals surface area contributed by atoms with E-state index in [-0.39, 0.29) is 17.4 Å². The second kappa shape index (κ2) is 8.63. The molecule has 1 saturated heterocycles. The van der Waals surface area contributed by atoms with E-state index in [9.17, 15) is 14.0 Å². The number of halogens is 1. The van der Waals surface area contributed by atoms with E-state index < -0.39 is 5.82 Å². The summed E-state index contributed by atoms with van der Waals surface area (Å²) in [5.74, 6) is -0.207. The Morgan fingerprint density at radius 3 is 2.67 bits per heavy atom. The first-order valence-electron chi connectivity index (χ1n) is 9.09. The van der Waals surface area contributed by atoms with Crippen molar-refractivity contribution < 1.29 is 14.0 Å². The van der Waals surface area contributed by atoms with Gasteiger partial charge in [-0.25, -0.2) is 4.39 Å². The second-order valence-electron chi connectivity index (χ2n) is 6.88. The van der Waals surface area contributed by atoms with Crippen LogP contribution in [0.5, 0.6) is 0 Å². The molecule has 0 radical (unpaired) electrons. The number of piperidine rings is 1. The molecule has 0 unspecified atom stereocenters. The minimum atomic E-state index is -0.456. The molecule has 27 heavy (non-hydrogen) atoms. The number of hydrogen-bond acceptors (Lipinski definition) is 4. The van der Waals surface area contributed by atoms with Crippen molar-refractivity contribution in [3.8, 4) is 0 Å². The molecule has 0 bridgehead atoms. The van der Waals surface area contributed by atoms with Crippen molar-refractivity contribution in [3.05, 3.63) is 52.2 Å². The summed E-state index contributed by atoms with van der Waals surface area (Å²) in [4.78, 5) is 27.7. The molecule has 5 nitrogen and oxygen atoms in total. The number of rotatable bonds is 5. The first-order valence-corrected chi connectivity index (χ1v) is 9.91. The fourth-order valence-electron chi connectivity index (χ4n) is 3.34. The third-order valence-electron chi connectivity index (χ3n) is 4.83. The average molecular weight is 389 g/mol. The zero-order chi connectivity index (χ0) is 19.4. The van der Waals surface area contributed by atoms with Crippen LogP contribution in [-0.4, -0.2) is 43.4 Å². The number of benzene rings is 1. The molecule has 2 heterocycles. The summed E-state index contributed by atoms with van der Waals surface area (Å²) in [6.07, 6.45) is 2.00. The van der Waals surface area contributed by atoms with Gasteiger partial charge in [0.1, 0.15) is 5.82 Å². The molecule has 1 aliphatic rings. The number of carbonyl (C=O) groups is 2. The number of nitrogens with one attached hydrogen (secondary N) is 2. The Kier molecular flexibility index (Phi) is 6.23. The van der Waals surface area contributed by atoms with Gasteiger partial charge in [0.25, 0.3) is 11.8 Å². The summed E-state index contributed by atoms with van der Waals surface area (Å²) >= 11 is 1.27. The van der Waals surface area contributed by atoms with Gasteiger partial charge >= 0.3 is 0 Å². The second-order valence-corrected chi connectivity index (χ2v) is 7.93. The van der Waals surface area contributed by atoms with E-state index >= 15 is 0 Å². The van der Waals surface area contributed by atoms with Gasteiger partial charge in [-0.15, -0.1) is 11.3 Å². The highest BCUT2D eigenvalue weighted by molar-refractivity contribution is 7.18. The Morgan fingerprint density at radius 1 is 1.26 bits per heavy atom. The number of hydrogen-bond donors (Lipinski definition) is 2. The Hall–Kier alpha value is -2.25. The molecule has 0 aliphatic carbocycles. The molecule has 7 heteroatoms. The molecule has 3 rings (SSSR count). The molecule has 1 aromatic heterocycles. The number of nitrogens with zero attached hydrogens (tertiary/aromatic N) is 1. The fraction of sp³-hybridized carbons (Fsp3) is 0.400. The van der Waals surface area contributed by atoms with Crippen LogP contribution in [-0.2, 0) is 0 Å². The van der Waals surface area contributed by atoms with Crippen molar-refractivity contribution in [1.29, 1.82) is 0 Å². The van der Waals surface area contributed by atoms with Crippen LogP contribution in [0.1, 0.15) is 38.4 Å². The van der Waals surface area contributed by atoms with Crippen LogP contribution in [0.4, 0.5) is 9.39 Å². The van der Waals surface area contributed by atoms with E-state index in [0.29, 0.717) is 15.8 Å². The number of aryl methyl sites for hydroxylation is 1. The van der Waals surface area contributed by atoms with E-state index in [1.165, 1.54) is 29.5 Å². The normalized spacial score (nSPS) is 15.0. The van der Waals surface area contributed by atoms with E-state index in [0.717, 1.165) is 38.0 Å². The van der Waals surface area contributed by atoms with Crippen molar-refractivity contribution in [2.75, 3.05) is 32.0 Å². The Morgan fingerprint density at radius 2 is 2.00 bits per heavy atom. The highest BCUT2D eigenvalue weighted by Crippen LogP contribution is 2.29. The number of thiophene rings is 1. The summed E-state index contributed by atoms with van der Waals surface area (Å²) in [5.41, 5.74) is 1.09. The number of anilines is 1. The van der Waals surface area contributed by atoms with Crippen LogP contribution < -0.4 is 10.6 Å². The molecule has 2 aromatic rings. The van der Waals surface area contributed by atoms with Crippen LogP contribution >= 0.6 is 11.3 Å². The fourth-order valence-corrected chi connectivity index (χ4v) is 4.38. The zero-order valence-corrected chi connectivity index (χ0v) is 16.4. The number of likely N-dealkylation sites (tertiary alicyclic amines) is 1. The molecule has 2 N–H and O–H groups in total. The molecule has 1 aromatic carbocycles. The number of amides is 2. The van der Waals surface area contributed by atoms with E-state index in [1.54, 1.807) is 12.1 Å². The molecular formula is C20H24FN3O2S. The van der Waals surface area contributed by atoms with Crippen molar-refractivity contribution in [1.82, 2.24) is 10.2 Å². The van der Waals surface area contributed by atoms with Gasteiger partial charge in [-0.1, -0.05) is 6.07 Å². The predicted octanol–water partition coefficient (Wildman–Crippen LogP) is 3.52. The van der Waals surface area contributed by atoms with Crippen LogP contribution in [0.3, 0.4) is 0 Å². The van der Waals surface area contributed by atoms with Crippen molar-refractivity contribution in [2.45, 2.75) is 19.8 Å². The average Bonchev–Trinajstić information content (AvgIpc) is 3.02. The van der Waals surface area contributed by atoms with Crippen LogP contribution in [0.2, 0.25) is 0 Å². The Bertz CT molecular complexity index is 828. The summed E-state index contributed by atoms with van der Waals surface area (Å²) in [5, 5.41) is 6.55. The van der Waals surface area contributed by atoms with Gasteiger partial charge in [0.2, 0.25) is 0 Å². The topological polar surface area (TPSA) is 61.4 Å². The summed E-state index contributed by atoms with van der Waals surface area (Å²) < 4.78 is 13.3. The minimum absolute atomic E-state index is 0.0201. The van der Waals surface area contributed by atoms with E-state index in [4.69, 9.17) is 0 Å². The largest absolute Gasteiger partial charge is 0.338 e. The third-order valence-corrected chi connectivity index (χ3v) is 5.97. The van der Waals surface area contributed by atoms with Crippen LogP contribution in [0.25, 0.3) is 0 Å². The molecule has 0 saturated carbocycles. The molecule has 0 atom stereocenters. The van der Waals surface area contributed by atoms with Crippen LogP contribution in [0.15, 0.2) is 30.3 Å². The van der Waals surface area contributed by atoms with Gasteiger partial charge in [0.15, 0.2) is 0 Å². The Labute approximate surface area is 162 Å². The van der Waals surface area contributed by atoms with Crippen molar-refractivity contribution >= 4 is 28.2 Å². The van der Waals surface area contributed by atoms with Gasteiger partial charge < -0.3 is 15.5 Å². The molecule has 1 aliphatic heterocycles. The lowest BCUT2D eigenvalue weighted by atomic mass is 9.96. The predicted molar refractivity (Wildman–Crippen MR) is 106 cm³/mol. The lowest BCUT2D eigenvalue weighted by Crippen LogP contribution is -2.40. The van der Waals surface area contributed by atoms with Gasteiger partial charge in [0, 0.05) is 18.7 Å². The maximum atomic E-state index is 13.3. The van der Waals surface area contributed by atoms with Gasteiger partial charge in [-0.2, -0.15) is 0 Å². The van der Waals surface area contributed by atoms with Gasteiger partial charge in [-0.05, 0) is 69.1 Å². The third kappa shape index (κ3) is 4.73. The molecule has 2 amide bonds. The standard InChI is InChI=1S/C20H24FN3O2S/c1-13-10-17(23-19(25)15-4-3-5-16(21)11-15)27-18(13)20(26)24-8-6-14(7-9-24)12-22-2/h3-5,10-11,14,22H,6-9,12H2,1-2H3,(H,23,25). The number of carbonyl (C=O) groups excluding carboxylic acids is 2. The first kappa shape index (κ1) is 19.5. The van der Waals surface area contributed by atoms with Crippen molar-refractivity contribution in [3.63, 3.8) is 0 Å². The summed E-state index contributed by atoms with van der Waals surface area (Å²) in [7, 11) is 1.95. The quantitative estimate of drug-likeness (QED) is 0.823. The highest BCUT2D eigenvalue weighted by Gasteiger charge is 2.25. The smallest absolute Gasteiger partial charge is 0.264 e. The first-order chi connectivity index (χ1) is 13.0. The lowest BCUT2D eigenvalue weighted by Gasteiger charge is -2.31. The maximum Gasteiger partial charge on any atom is 0.264 e. The lowest BCUT2D eigenvalue weighted by molar-refractivity contribution is 0.0695. The highest BCUT2D eigenvalue weighted by atomic mass is 32.1. The maximum absolute atomic E-state index is 13.3. The minimum Gasteiger partial charge on any atom is -0.338 e. The van der Waals surface area contributed by atoms with E-state index in [1.807, 2.05) is 18.9 Å². The van der Waals surface area contributed by atoms with Crippen molar-refractivity contribution in [2.24, 2.45) is 5.92 Å². The molecule has 144 valence electrons. The van der Waals surface area contributed by atoms with Gasteiger partial charge in [-0.3, -0.25) is 9.59 Å². The molecule has 0 spiro atoms. The molecular weight excluding hydrogens is 365 g/mol. The van der Waals surface area contributed by atoms with Crippen LogP contribution in [0, 0.1) is 18.7 Å². The molecule has 1 fully saturated rings. The summed E-state index contributed by atoms with van der Waals surface area (Å²) in [6, 6.07) is 7.33. The van der Waals surface area contributed by atoms with Gasteiger partial charge in [0.05, 0.1) is 9.88 Å². The van der Waals surface area contributed by atoms with E-state index in [2.05, 4.69) is 10.6 Å². The monoisotopic (exact) mass is 389 g/mol. The summed E-state index contributed by atoms with van der Waals surface area (Å²) in [6.45, 7) is 4.37. The Balaban J connectivity index is 1.66. The zero-order valence-electron chi connectivity index (χ0n) is 15.5.